The van der Waals surface area contributed by atoms with E-state index in [0.29, 0.717) is 18.1 Å². The molecule has 1 aromatic rings. The third kappa shape index (κ3) is 6.17. The molecule has 0 bridgehead atoms. The van der Waals surface area contributed by atoms with Crippen molar-refractivity contribution in [1.29, 1.82) is 0 Å². The number of hydrogen-bond acceptors (Lipinski definition) is 4. The number of likely N-dealkylation sites (tertiary alicyclic amines) is 1. The molecule has 25 heavy (non-hydrogen) atoms. The van der Waals surface area contributed by atoms with Crippen LogP contribution in [0, 0.1) is 5.92 Å². The van der Waals surface area contributed by atoms with E-state index in [4.69, 9.17) is 26.2 Å². The number of halogens is 1. The zero-order chi connectivity index (χ0) is 18.4. The van der Waals surface area contributed by atoms with Gasteiger partial charge in [-0.05, 0) is 51.3 Å². The molecule has 1 amide bonds. The Kier molecular flexibility index (Phi) is 7.11. The number of aliphatic hydroxyl groups excluding tert-OH is 1. The van der Waals surface area contributed by atoms with Crippen molar-refractivity contribution in [1.82, 2.24) is 4.90 Å². The molecule has 2 rings (SSSR count). The van der Waals surface area contributed by atoms with Gasteiger partial charge in [-0.3, -0.25) is 0 Å². The maximum atomic E-state index is 12.4. The first-order valence-corrected chi connectivity index (χ1v) is 9.14. The molecule has 1 heterocycles. The molecule has 1 fully saturated rings. The number of carbonyl (C=O) groups is 1. The fourth-order valence-electron chi connectivity index (χ4n) is 3.12. The van der Waals surface area contributed by atoms with E-state index in [9.17, 15) is 4.79 Å². The van der Waals surface area contributed by atoms with Crippen LogP contribution < -0.4 is 0 Å². The Morgan fingerprint density at radius 1 is 1.44 bits per heavy atom. The second-order valence-corrected chi connectivity index (χ2v) is 7.84. The Bertz CT molecular complexity index is 573. The first-order valence-electron chi connectivity index (χ1n) is 8.76. The first-order chi connectivity index (χ1) is 11.8. The highest BCUT2D eigenvalue weighted by Gasteiger charge is 2.33. The molecule has 2 unspecified atom stereocenters. The Morgan fingerprint density at radius 2 is 2.20 bits per heavy atom. The number of aliphatic hydroxyl groups is 1. The van der Waals surface area contributed by atoms with Crippen molar-refractivity contribution in [3.63, 3.8) is 0 Å². The fraction of sp³-hybridized carbons (Fsp3) is 0.632. The van der Waals surface area contributed by atoms with E-state index in [1.54, 1.807) is 4.90 Å². The predicted molar refractivity (Wildman–Crippen MR) is 97.8 cm³/mol. The normalized spacial score (nSPS) is 19.6. The minimum absolute atomic E-state index is 0.0421. The second-order valence-electron chi connectivity index (χ2n) is 7.40. The van der Waals surface area contributed by atoms with E-state index in [-0.39, 0.29) is 31.3 Å². The quantitative estimate of drug-likeness (QED) is 0.851. The summed E-state index contributed by atoms with van der Waals surface area (Å²) in [6, 6.07) is 7.57. The summed E-state index contributed by atoms with van der Waals surface area (Å²) in [4.78, 5) is 14.1. The summed E-state index contributed by atoms with van der Waals surface area (Å²) in [6.07, 6.45) is 1.34. The Labute approximate surface area is 154 Å². The van der Waals surface area contributed by atoms with Crippen LogP contribution in [-0.2, 0) is 9.47 Å². The van der Waals surface area contributed by atoms with Crippen molar-refractivity contribution in [2.24, 2.45) is 5.92 Å². The Balaban J connectivity index is 2.12. The molecule has 5 nitrogen and oxygen atoms in total. The summed E-state index contributed by atoms with van der Waals surface area (Å²) in [5.74, 6) is 0.131. The molecule has 1 aromatic carbocycles. The summed E-state index contributed by atoms with van der Waals surface area (Å²) in [5.41, 5.74) is 0.459. The largest absolute Gasteiger partial charge is 0.444 e. The third-order valence-electron chi connectivity index (χ3n) is 4.10. The number of rotatable bonds is 5. The van der Waals surface area contributed by atoms with Gasteiger partial charge in [-0.25, -0.2) is 4.79 Å². The van der Waals surface area contributed by atoms with Crippen LogP contribution in [0.25, 0.3) is 0 Å². The molecule has 0 radical (unpaired) electrons. The molecule has 1 aliphatic rings. The van der Waals surface area contributed by atoms with Crippen LogP contribution in [-0.4, -0.2) is 48.0 Å². The van der Waals surface area contributed by atoms with E-state index in [0.717, 1.165) is 18.4 Å². The lowest BCUT2D eigenvalue weighted by molar-refractivity contribution is -0.0348. The molecule has 0 spiro atoms. The minimum atomic E-state index is -0.510. The highest BCUT2D eigenvalue weighted by Crippen LogP contribution is 2.34. The zero-order valence-electron chi connectivity index (χ0n) is 15.2. The van der Waals surface area contributed by atoms with Crippen molar-refractivity contribution in [2.45, 2.75) is 45.3 Å². The van der Waals surface area contributed by atoms with Crippen molar-refractivity contribution in [3.05, 3.63) is 34.9 Å². The van der Waals surface area contributed by atoms with Gasteiger partial charge in [-0.15, -0.1) is 0 Å². The van der Waals surface area contributed by atoms with Gasteiger partial charge in [0.25, 0.3) is 0 Å². The monoisotopic (exact) mass is 369 g/mol. The zero-order valence-corrected chi connectivity index (χ0v) is 16.0. The van der Waals surface area contributed by atoms with Gasteiger partial charge in [0, 0.05) is 24.0 Å². The highest BCUT2D eigenvalue weighted by molar-refractivity contribution is 6.30. The van der Waals surface area contributed by atoms with Gasteiger partial charge in [0.2, 0.25) is 0 Å². The molecule has 0 aromatic heterocycles. The molecular formula is C19H28ClNO4. The summed E-state index contributed by atoms with van der Waals surface area (Å²) in [5, 5.41) is 9.80. The molecule has 140 valence electrons. The number of ether oxygens (including phenoxy) is 2. The SMILES string of the molecule is CC(C)(C)OC(=O)N1CCCC(C(OCCO)c2cccc(Cl)c2)C1. The maximum absolute atomic E-state index is 12.4. The highest BCUT2D eigenvalue weighted by atomic mass is 35.5. The number of piperidine rings is 1. The van der Waals surface area contributed by atoms with Crippen LogP contribution in [0.3, 0.4) is 0 Å². The van der Waals surface area contributed by atoms with E-state index >= 15 is 0 Å². The summed E-state index contributed by atoms with van der Waals surface area (Å²) >= 11 is 6.12. The second kappa shape index (κ2) is 8.88. The average Bonchev–Trinajstić information content (AvgIpc) is 2.54. The van der Waals surface area contributed by atoms with E-state index < -0.39 is 5.60 Å². The van der Waals surface area contributed by atoms with Gasteiger partial charge in [0.1, 0.15) is 5.60 Å². The molecule has 1 aliphatic heterocycles. The van der Waals surface area contributed by atoms with Gasteiger partial charge in [-0.2, -0.15) is 0 Å². The molecular weight excluding hydrogens is 342 g/mol. The Morgan fingerprint density at radius 3 is 2.84 bits per heavy atom. The van der Waals surface area contributed by atoms with Crippen LogP contribution in [0.5, 0.6) is 0 Å². The van der Waals surface area contributed by atoms with E-state index in [2.05, 4.69) is 0 Å². The van der Waals surface area contributed by atoms with Crippen molar-refractivity contribution >= 4 is 17.7 Å². The van der Waals surface area contributed by atoms with Crippen molar-refractivity contribution < 1.29 is 19.4 Å². The standard InChI is InChI=1S/C19H28ClNO4/c1-19(2,3)25-18(23)21-9-5-7-15(13-21)17(24-11-10-22)14-6-4-8-16(20)12-14/h4,6,8,12,15,17,22H,5,7,9-11,13H2,1-3H3. The van der Waals surface area contributed by atoms with Crippen LogP contribution in [0.15, 0.2) is 24.3 Å². The first kappa shape index (κ1) is 20.0. The molecule has 0 aliphatic carbocycles. The van der Waals surface area contributed by atoms with E-state index in [1.165, 1.54) is 0 Å². The lowest BCUT2D eigenvalue weighted by Gasteiger charge is -2.37. The summed E-state index contributed by atoms with van der Waals surface area (Å²) < 4.78 is 11.4. The minimum Gasteiger partial charge on any atom is -0.444 e. The van der Waals surface area contributed by atoms with Crippen LogP contribution >= 0.6 is 11.6 Å². The predicted octanol–water partition coefficient (Wildman–Crippen LogP) is 4.04. The number of benzene rings is 1. The van der Waals surface area contributed by atoms with Crippen molar-refractivity contribution in [2.75, 3.05) is 26.3 Å². The molecule has 1 saturated heterocycles. The fourth-order valence-corrected chi connectivity index (χ4v) is 3.32. The summed E-state index contributed by atoms with van der Waals surface area (Å²) in [6.45, 7) is 7.06. The third-order valence-corrected chi connectivity index (χ3v) is 4.34. The number of hydrogen-bond donors (Lipinski definition) is 1. The number of nitrogens with zero attached hydrogens (tertiary/aromatic N) is 1. The summed E-state index contributed by atoms with van der Waals surface area (Å²) in [7, 11) is 0. The van der Waals surface area contributed by atoms with Crippen LogP contribution in [0.2, 0.25) is 5.02 Å². The van der Waals surface area contributed by atoms with Crippen LogP contribution in [0.4, 0.5) is 4.79 Å². The van der Waals surface area contributed by atoms with Crippen molar-refractivity contribution in [3.8, 4) is 0 Å². The van der Waals surface area contributed by atoms with Gasteiger partial charge in [0.15, 0.2) is 0 Å². The lowest BCUT2D eigenvalue weighted by atomic mass is 9.88. The van der Waals surface area contributed by atoms with Gasteiger partial charge in [0.05, 0.1) is 19.3 Å². The molecule has 2 atom stereocenters. The van der Waals surface area contributed by atoms with Gasteiger partial charge >= 0.3 is 6.09 Å². The topological polar surface area (TPSA) is 59.0 Å². The lowest BCUT2D eigenvalue weighted by Crippen LogP contribution is -2.44. The van der Waals surface area contributed by atoms with Crippen LogP contribution in [0.1, 0.15) is 45.3 Å². The smallest absolute Gasteiger partial charge is 0.410 e. The maximum Gasteiger partial charge on any atom is 0.410 e. The molecule has 0 saturated carbocycles. The molecule has 1 N–H and O–H groups in total. The Hall–Kier alpha value is -1.30. The molecule has 6 heteroatoms. The van der Waals surface area contributed by atoms with E-state index in [1.807, 2.05) is 45.0 Å². The van der Waals surface area contributed by atoms with Gasteiger partial charge < -0.3 is 19.5 Å². The number of amides is 1. The van der Waals surface area contributed by atoms with Gasteiger partial charge in [-0.1, -0.05) is 23.7 Å². The average molecular weight is 370 g/mol. The number of carbonyl (C=O) groups excluding carboxylic acids is 1.